The Morgan fingerprint density at radius 2 is 1.72 bits per heavy atom. The van der Waals surface area contributed by atoms with Crippen LogP contribution in [0.3, 0.4) is 0 Å². The van der Waals surface area contributed by atoms with E-state index < -0.39 is 0 Å². The molecule has 1 aromatic carbocycles. The number of likely N-dealkylation sites (N-methyl/N-ethyl adjacent to an activating group) is 1. The lowest BCUT2D eigenvalue weighted by Crippen LogP contribution is -2.50. The van der Waals surface area contributed by atoms with Gasteiger partial charge in [0.1, 0.15) is 0 Å². The number of piperidine rings is 1. The molecule has 2 aliphatic rings. The Labute approximate surface area is 152 Å². The van der Waals surface area contributed by atoms with Crippen LogP contribution in [0.15, 0.2) is 30.3 Å². The van der Waals surface area contributed by atoms with Gasteiger partial charge in [-0.05, 0) is 31.4 Å². The average molecular weight is 345 g/mol. The number of hydrogen-bond acceptors (Lipinski definition) is 3. The molecule has 0 bridgehead atoms. The SMILES string of the molecule is CC1CCN(C(=O)NC(CN2CCN(C)CC2)c2ccccc2)CC1. The molecule has 2 saturated heterocycles. The van der Waals surface area contributed by atoms with Gasteiger partial charge in [-0.1, -0.05) is 37.3 Å². The van der Waals surface area contributed by atoms with E-state index in [9.17, 15) is 4.79 Å². The first-order chi connectivity index (χ1) is 12.1. The maximum atomic E-state index is 12.8. The first kappa shape index (κ1) is 18.2. The molecule has 5 heteroatoms. The van der Waals surface area contributed by atoms with Gasteiger partial charge in [-0.25, -0.2) is 4.79 Å². The molecule has 2 aliphatic heterocycles. The van der Waals surface area contributed by atoms with Crippen molar-refractivity contribution >= 4 is 6.03 Å². The van der Waals surface area contributed by atoms with Gasteiger partial charge < -0.3 is 15.1 Å². The van der Waals surface area contributed by atoms with Gasteiger partial charge in [0.25, 0.3) is 0 Å². The van der Waals surface area contributed by atoms with Crippen molar-refractivity contribution < 1.29 is 4.79 Å². The summed E-state index contributed by atoms with van der Waals surface area (Å²) in [6.45, 7) is 9.24. The zero-order valence-electron chi connectivity index (χ0n) is 15.7. The van der Waals surface area contributed by atoms with E-state index in [1.165, 1.54) is 5.56 Å². The Balaban J connectivity index is 1.63. The van der Waals surface area contributed by atoms with Crippen LogP contribution in [0.1, 0.15) is 31.4 Å². The van der Waals surface area contributed by atoms with Crippen LogP contribution in [0, 0.1) is 5.92 Å². The Morgan fingerprint density at radius 3 is 2.36 bits per heavy atom. The minimum atomic E-state index is 0.0523. The summed E-state index contributed by atoms with van der Waals surface area (Å²) in [5.74, 6) is 0.735. The Kier molecular flexibility index (Phi) is 6.32. The molecule has 3 rings (SSSR count). The maximum absolute atomic E-state index is 12.8. The summed E-state index contributed by atoms with van der Waals surface area (Å²) in [5, 5.41) is 3.31. The van der Waals surface area contributed by atoms with E-state index in [0.717, 1.165) is 64.6 Å². The normalized spacial score (nSPS) is 21.9. The number of piperazine rings is 1. The molecule has 2 heterocycles. The zero-order valence-corrected chi connectivity index (χ0v) is 15.7. The highest BCUT2D eigenvalue weighted by Crippen LogP contribution is 2.19. The van der Waals surface area contributed by atoms with E-state index in [1.807, 2.05) is 11.0 Å². The minimum Gasteiger partial charge on any atom is -0.330 e. The standard InChI is InChI=1S/C20H32N4O/c1-17-8-10-24(11-9-17)20(25)21-19(18-6-4-3-5-7-18)16-23-14-12-22(2)13-15-23/h3-7,17,19H,8-16H2,1-2H3,(H,21,25). The number of nitrogens with one attached hydrogen (secondary N) is 1. The van der Waals surface area contributed by atoms with Gasteiger partial charge in [-0.2, -0.15) is 0 Å². The molecule has 2 fully saturated rings. The van der Waals surface area contributed by atoms with Crippen molar-refractivity contribution in [3.05, 3.63) is 35.9 Å². The smallest absolute Gasteiger partial charge is 0.317 e. The first-order valence-electron chi connectivity index (χ1n) is 9.63. The summed E-state index contributed by atoms with van der Waals surface area (Å²) in [6, 6.07) is 10.5. The van der Waals surface area contributed by atoms with Crippen LogP contribution in [0.4, 0.5) is 4.79 Å². The van der Waals surface area contributed by atoms with E-state index in [4.69, 9.17) is 0 Å². The van der Waals surface area contributed by atoms with Gasteiger partial charge in [-0.15, -0.1) is 0 Å². The second kappa shape index (κ2) is 8.68. The number of nitrogens with zero attached hydrogens (tertiary/aromatic N) is 3. The number of urea groups is 1. The molecule has 138 valence electrons. The van der Waals surface area contributed by atoms with Gasteiger partial charge in [-0.3, -0.25) is 4.90 Å². The van der Waals surface area contributed by atoms with Gasteiger partial charge in [0.05, 0.1) is 6.04 Å². The van der Waals surface area contributed by atoms with E-state index in [0.29, 0.717) is 0 Å². The second-order valence-electron chi connectivity index (χ2n) is 7.69. The van der Waals surface area contributed by atoms with Gasteiger partial charge in [0.15, 0.2) is 0 Å². The third-order valence-electron chi connectivity index (χ3n) is 5.61. The number of rotatable bonds is 4. The van der Waals surface area contributed by atoms with Crippen molar-refractivity contribution in [3.8, 4) is 0 Å². The fourth-order valence-electron chi connectivity index (χ4n) is 3.66. The van der Waals surface area contributed by atoms with Crippen LogP contribution in [-0.2, 0) is 0 Å². The fourth-order valence-corrected chi connectivity index (χ4v) is 3.66. The van der Waals surface area contributed by atoms with Crippen molar-refractivity contribution in [2.75, 3.05) is 52.9 Å². The van der Waals surface area contributed by atoms with Gasteiger partial charge in [0, 0.05) is 45.8 Å². The lowest BCUT2D eigenvalue weighted by atomic mass is 9.99. The molecular formula is C20H32N4O. The van der Waals surface area contributed by atoms with Crippen molar-refractivity contribution in [1.82, 2.24) is 20.0 Å². The number of hydrogen-bond donors (Lipinski definition) is 1. The highest BCUT2D eigenvalue weighted by Gasteiger charge is 2.25. The number of carbonyl (C=O) groups is 1. The van der Waals surface area contributed by atoms with E-state index in [-0.39, 0.29) is 12.1 Å². The van der Waals surface area contributed by atoms with Gasteiger partial charge in [0.2, 0.25) is 0 Å². The molecule has 0 saturated carbocycles. The molecule has 0 radical (unpaired) electrons. The van der Waals surface area contributed by atoms with E-state index in [2.05, 4.69) is 53.4 Å². The molecule has 5 nitrogen and oxygen atoms in total. The van der Waals surface area contributed by atoms with Crippen molar-refractivity contribution in [2.45, 2.75) is 25.8 Å². The predicted molar refractivity (Wildman–Crippen MR) is 102 cm³/mol. The third kappa shape index (κ3) is 5.19. The molecule has 0 aromatic heterocycles. The summed E-state index contributed by atoms with van der Waals surface area (Å²) in [4.78, 5) is 19.6. The van der Waals surface area contributed by atoms with E-state index in [1.54, 1.807) is 0 Å². The Hall–Kier alpha value is -1.59. The predicted octanol–water partition coefficient (Wildman–Crippen LogP) is 2.42. The molecule has 1 N–H and O–H groups in total. The number of benzene rings is 1. The number of likely N-dealkylation sites (tertiary alicyclic amines) is 1. The van der Waals surface area contributed by atoms with Crippen LogP contribution in [0.2, 0.25) is 0 Å². The van der Waals surface area contributed by atoms with E-state index >= 15 is 0 Å². The maximum Gasteiger partial charge on any atom is 0.317 e. The summed E-state index contributed by atoms with van der Waals surface area (Å²) in [5.41, 5.74) is 1.19. The molecular weight excluding hydrogens is 312 g/mol. The van der Waals surface area contributed by atoms with Crippen LogP contribution >= 0.6 is 0 Å². The van der Waals surface area contributed by atoms with Gasteiger partial charge >= 0.3 is 6.03 Å². The largest absolute Gasteiger partial charge is 0.330 e. The van der Waals surface area contributed by atoms with Crippen LogP contribution in [0.25, 0.3) is 0 Å². The average Bonchev–Trinajstić information content (AvgIpc) is 2.64. The third-order valence-corrected chi connectivity index (χ3v) is 5.61. The summed E-state index contributed by atoms with van der Waals surface area (Å²) in [6.07, 6.45) is 2.23. The Bertz CT molecular complexity index is 534. The highest BCUT2D eigenvalue weighted by atomic mass is 16.2. The van der Waals surface area contributed by atoms with Crippen molar-refractivity contribution in [1.29, 1.82) is 0 Å². The molecule has 1 unspecified atom stereocenters. The topological polar surface area (TPSA) is 38.8 Å². The number of carbonyl (C=O) groups excluding carboxylic acids is 1. The van der Waals surface area contributed by atoms with Crippen molar-refractivity contribution in [3.63, 3.8) is 0 Å². The molecule has 1 atom stereocenters. The van der Waals surface area contributed by atoms with Crippen LogP contribution < -0.4 is 5.32 Å². The number of amides is 2. The monoisotopic (exact) mass is 344 g/mol. The first-order valence-corrected chi connectivity index (χ1v) is 9.63. The quantitative estimate of drug-likeness (QED) is 0.912. The summed E-state index contributed by atoms with van der Waals surface area (Å²) >= 11 is 0. The van der Waals surface area contributed by atoms with Crippen molar-refractivity contribution in [2.24, 2.45) is 5.92 Å². The second-order valence-corrected chi connectivity index (χ2v) is 7.69. The minimum absolute atomic E-state index is 0.0523. The Morgan fingerprint density at radius 1 is 1.08 bits per heavy atom. The fraction of sp³-hybridized carbons (Fsp3) is 0.650. The van der Waals surface area contributed by atoms with Crippen LogP contribution in [-0.4, -0.2) is 73.6 Å². The van der Waals surface area contributed by atoms with Crippen LogP contribution in [0.5, 0.6) is 0 Å². The molecule has 25 heavy (non-hydrogen) atoms. The highest BCUT2D eigenvalue weighted by molar-refractivity contribution is 5.74. The summed E-state index contributed by atoms with van der Waals surface area (Å²) in [7, 11) is 2.17. The summed E-state index contributed by atoms with van der Waals surface area (Å²) < 4.78 is 0. The molecule has 2 amide bonds. The molecule has 0 spiro atoms. The zero-order chi connectivity index (χ0) is 17.6. The molecule has 1 aromatic rings. The lowest BCUT2D eigenvalue weighted by molar-refractivity contribution is 0.136. The lowest BCUT2D eigenvalue weighted by Gasteiger charge is -2.36. The molecule has 0 aliphatic carbocycles.